The maximum Gasteiger partial charge on any atom is 0.405 e. The van der Waals surface area contributed by atoms with Crippen molar-refractivity contribution in [3.63, 3.8) is 0 Å². The number of benzene rings is 1. The Balaban J connectivity index is 2.60. The molecule has 4 N–H and O–H groups in total. The van der Waals surface area contributed by atoms with Gasteiger partial charge in [0.05, 0.1) is 0 Å². The van der Waals surface area contributed by atoms with Crippen molar-refractivity contribution in [3.05, 3.63) is 30.3 Å². The lowest BCUT2D eigenvalue weighted by Gasteiger charge is -2.16. The Kier molecular flexibility index (Phi) is 5.66. The molecule has 1 rings (SSSR count). The van der Waals surface area contributed by atoms with Gasteiger partial charge in [0.25, 0.3) is 0 Å². The lowest BCUT2D eigenvalue weighted by Crippen LogP contribution is -2.43. The molecule has 6 nitrogen and oxygen atoms in total. The van der Waals surface area contributed by atoms with E-state index in [1.165, 1.54) is 0 Å². The number of nitrogens with one attached hydrogen (secondary N) is 2. The predicted molar refractivity (Wildman–Crippen MR) is 66.3 cm³/mol. The first kappa shape index (κ1) is 14.0. The van der Waals surface area contributed by atoms with Crippen LogP contribution in [0.15, 0.2) is 30.3 Å². The van der Waals surface area contributed by atoms with Crippen LogP contribution in [0.25, 0.3) is 0 Å². The van der Waals surface area contributed by atoms with Gasteiger partial charge in [-0.15, -0.1) is 0 Å². The van der Waals surface area contributed by atoms with E-state index in [1.807, 2.05) is 6.07 Å². The lowest BCUT2D eigenvalue weighted by molar-refractivity contribution is -0.118. The average Bonchev–Trinajstić information content (AvgIpc) is 2.35. The molecule has 18 heavy (non-hydrogen) atoms. The highest BCUT2D eigenvalue weighted by atomic mass is 16.4. The Hall–Kier alpha value is -2.08. The van der Waals surface area contributed by atoms with E-state index in [0.717, 1.165) is 0 Å². The van der Waals surface area contributed by atoms with Gasteiger partial charge in [-0.25, -0.2) is 4.79 Å². The maximum absolute atomic E-state index is 11.8. The number of rotatable bonds is 6. The molecule has 0 aliphatic rings. The van der Waals surface area contributed by atoms with Crippen molar-refractivity contribution in [1.29, 1.82) is 0 Å². The minimum absolute atomic E-state index is 0.0869. The van der Waals surface area contributed by atoms with Crippen molar-refractivity contribution in [2.45, 2.75) is 18.9 Å². The number of hydrogen-bond acceptors (Lipinski definition) is 3. The fourth-order valence-corrected chi connectivity index (χ4v) is 1.46. The van der Waals surface area contributed by atoms with Gasteiger partial charge < -0.3 is 20.8 Å². The Morgan fingerprint density at radius 2 is 1.89 bits per heavy atom. The van der Waals surface area contributed by atoms with E-state index in [0.29, 0.717) is 12.1 Å². The molecule has 1 aromatic carbocycles. The molecule has 2 amide bonds. The van der Waals surface area contributed by atoms with E-state index in [-0.39, 0.29) is 13.0 Å². The Morgan fingerprint density at radius 3 is 2.44 bits per heavy atom. The minimum atomic E-state index is -1.26. The van der Waals surface area contributed by atoms with E-state index in [1.54, 1.807) is 24.3 Å². The molecule has 0 aromatic heterocycles. The van der Waals surface area contributed by atoms with Gasteiger partial charge in [0, 0.05) is 12.3 Å². The monoisotopic (exact) mass is 252 g/mol. The Morgan fingerprint density at radius 1 is 1.22 bits per heavy atom. The molecule has 0 fully saturated rings. The van der Waals surface area contributed by atoms with Gasteiger partial charge >= 0.3 is 6.09 Å². The smallest absolute Gasteiger partial charge is 0.405 e. The standard InChI is InChI=1S/C12H16N2O4/c15-8-4-7-10(14-12(17)18)11(16)13-9-5-2-1-3-6-9/h1-3,5-6,10,14-15H,4,7-8H2,(H,13,16)(H,17,18). The summed E-state index contributed by atoms with van der Waals surface area (Å²) in [5.41, 5.74) is 0.601. The van der Waals surface area contributed by atoms with Crippen LogP contribution in [0, 0.1) is 0 Å². The summed E-state index contributed by atoms with van der Waals surface area (Å²) >= 11 is 0. The number of amides is 2. The number of para-hydroxylation sites is 1. The molecule has 1 aromatic rings. The molecular weight excluding hydrogens is 236 g/mol. The van der Waals surface area contributed by atoms with Crippen LogP contribution in [0.2, 0.25) is 0 Å². The van der Waals surface area contributed by atoms with Gasteiger partial charge in [0.1, 0.15) is 6.04 Å². The molecule has 0 saturated heterocycles. The summed E-state index contributed by atoms with van der Waals surface area (Å²) in [7, 11) is 0. The van der Waals surface area contributed by atoms with Crippen molar-refractivity contribution in [2.24, 2.45) is 0 Å². The van der Waals surface area contributed by atoms with Gasteiger partial charge in [0.2, 0.25) is 5.91 Å². The van der Waals surface area contributed by atoms with Gasteiger partial charge in [-0.2, -0.15) is 0 Å². The van der Waals surface area contributed by atoms with Crippen LogP contribution in [-0.4, -0.2) is 34.9 Å². The zero-order valence-corrected chi connectivity index (χ0v) is 9.80. The van der Waals surface area contributed by atoms with E-state index in [9.17, 15) is 9.59 Å². The number of aliphatic hydroxyl groups is 1. The quantitative estimate of drug-likeness (QED) is 0.607. The van der Waals surface area contributed by atoms with Crippen molar-refractivity contribution in [3.8, 4) is 0 Å². The van der Waals surface area contributed by atoms with Crippen molar-refractivity contribution in [2.75, 3.05) is 11.9 Å². The molecule has 0 bridgehead atoms. The number of carbonyl (C=O) groups excluding carboxylic acids is 1. The third kappa shape index (κ3) is 4.84. The lowest BCUT2D eigenvalue weighted by atomic mass is 10.1. The number of carbonyl (C=O) groups is 2. The summed E-state index contributed by atoms with van der Waals surface area (Å²) in [6.07, 6.45) is -0.657. The van der Waals surface area contributed by atoms with Crippen molar-refractivity contribution >= 4 is 17.7 Å². The fraction of sp³-hybridized carbons (Fsp3) is 0.333. The van der Waals surface area contributed by atoms with Gasteiger partial charge in [-0.1, -0.05) is 18.2 Å². The van der Waals surface area contributed by atoms with Crippen LogP contribution in [-0.2, 0) is 4.79 Å². The summed E-state index contributed by atoms with van der Waals surface area (Å²) < 4.78 is 0. The number of hydrogen-bond donors (Lipinski definition) is 4. The van der Waals surface area contributed by atoms with Crippen LogP contribution in [0.5, 0.6) is 0 Å². The molecule has 98 valence electrons. The Labute approximate surface area is 105 Å². The SMILES string of the molecule is O=C(O)NC(CCCO)C(=O)Nc1ccccc1. The van der Waals surface area contributed by atoms with Crippen molar-refractivity contribution < 1.29 is 19.8 Å². The second-order valence-electron chi connectivity index (χ2n) is 3.72. The molecule has 0 aliphatic heterocycles. The third-order valence-corrected chi connectivity index (χ3v) is 2.31. The molecule has 0 radical (unpaired) electrons. The number of aliphatic hydroxyl groups excluding tert-OH is 1. The molecule has 0 spiro atoms. The third-order valence-electron chi connectivity index (χ3n) is 2.31. The first-order chi connectivity index (χ1) is 8.63. The maximum atomic E-state index is 11.8. The summed E-state index contributed by atoms with van der Waals surface area (Å²) in [5.74, 6) is -0.433. The first-order valence-corrected chi connectivity index (χ1v) is 5.59. The molecule has 0 saturated carbocycles. The minimum Gasteiger partial charge on any atom is -0.465 e. The highest BCUT2D eigenvalue weighted by Gasteiger charge is 2.19. The second kappa shape index (κ2) is 7.29. The highest BCUT2D eigenvalue weighted by Crippen LogP contribution is 2.07. The fourth-order valence-electron chi connectivity index (χ4n) is 1.46. The number of carboxylic acid groups (broad SMARTS) is 1. The van der Waals surface area contributed by atoms with Crippen LogP contribution < -0.4 is 10.6 Å². The molecular formula is C12H16N2O4. The Bertz CT molecular complexity index is 394. The summed E-state index contributed by atoms with van der Waals surface area (Å²) in [6, 6.07) is 7.90. The van der Waals surface area contributed by atoms with E-state index in [2.05, 4.69) is 10.6 Å². The topological polar surface area (TPSA) is 98.7 Å². The van der Waals surface area contributed by atoms with E-state index in [4.69, 9.17) is 10.2 Å². The van der Waals surface area contributed by atoms with Gasteiger partial charge in [-0.3, -0.25) is 4.79 Å². The summed E-state index contributed by atoms with van der Waals surface area (Å²) in [6.45, 7) is -0.0869. The predicted octanol–water partition coefficient (Wildman–Crippen LogP) is 1.03. The molecule has 0 aliphatic carbocycles. The summed E-state index contributed by atoms with van der Waals surface area (Å²) in [4.78, 5) is 22.4. The number of anilines is 1. The highest BCUT2D eigenvalue weighted by molar-refractivity contribution is 5.96. The van der Waals surface area contributed by atoms with E-state index < -0.39 is 18.0 Å². The zero-order valence-electron chi connectivity index (χ0n) is 9.80. The van der Waals surface area contributed by atoms with Crippen molar-refractivity contribution in [1.82, 2.24) is 5.32 Å². The van der Waals surface area contributed by atoms with Crippen LogP contribution in [0.4, 0.5) is 10.5 Å². The molecule has 1 atom stereocenters. The van der Waals surface area contributed by atoms with Gasteiger partial charge in [-0.05, 0) is 25.0 Å². The van der Waals surface area contributed by atoms with Gasteiger partial charge in [0.15, 0.2) is 0 Å². The molecule has 0 heterocycles. The van der Waals surface area contributed by atoms with Crippen LogP contribution in [0.3, 0.4) is 0 Å². The largest absolute Gasteiger partial charge is 0.465 e. The molecule has 6 heteroatoms. The molecule has 1 unspecified atom stereocenters. The normalized spacial score (nSPS) is 11.6. The van der Waals surface area contributed by atoms with Crippen LogP contribution >= 0.6 is 0 Å². The first-order valence-electron chi connectivity index (χ1n) is 5.59. The van der Waals surface area contributed by atoms with Crippen LogP contribution in [0.1, 0.15) is 12.8 Å². The second-order valence-corrected chi connectivity index (χ2v) is 3.72. The average molecular weight is 252 g/mol. The van der Waals surface area contributed by atoms with E-state index >= 15 is 0 Å². The summed E-state index contributed by atoms with van der Waals surface area (Å²) in [5, 5.41) is 22.1. The zero-order chi connectivity index (χ0) is 13.4.